The van der Waals surface area contributed by atoms with Gasteiger partial charge in [0.25, 0.3) is 0 Å². The minimum atomic E-state index is -4.76. The van der Waals surface area contributed by atoms with Gasteiger partial charge in [0.1, 0.15) is 12.7 Å². The molecule has 0 radical (unpaired) electrons. The van der Waals surface area contributed by atoms with Crippen molar-refractivity contribution in [2.24, 2.45) is 0 Å². The first kappa shape index (κ1) is 57.2. The number of aliphatic hydroxyl groups excluding tert-OH is 1. The van der Waals surface area contributed by atoms with Crippen LogP contribution in [0.25, 0.3) is 0 Å². The molecule has 0 fully saturated rings. The number of aliphatic carboxylic acids is 1. The monoisotopic (exact) mass is 866 g/mol. The van der Waals surface area contributed by atoms with Gasteiger partial charge in [0.15, 0.2) is 6.04 Å². The van der Waals surface area contributed by atoms with Crippen molar-refractivity contribution in [3.63, 3.8) is 0 Å². The number of amides is 1. The van der Waals surface area contributed by atoms with E-state index in [0.717, 1.165) is 89.9 Å². The summed E-state index contributed by atoms with van der Waals surface area (Å²) in [7, 11) is -4.76. The summed E-state index contributed by atoms with van der Waals surface area (Å²) < 4.78 is 26.9. The Kier molecular flexibility index (Phi) is 40.8. The third kappa shape index (κ3) is 41.9. The van der Waals surface area contributed by atoms with E-state index < -0.39 is 57.6 Å². The van der Waals surface area contributed by atoms with Gasteiger partial charge in [0.2, 0.25) is 5.91 Å². The first-order valence-corrected chi connectivity index (χ1v) is 24.8. The molecule has 0 bridgehead atoms. The Morgan fingerprint density at radius 1 is 0.533 bits per heavy atom. The lowest BCUT2D eigenvalue weighted by molar-refractivity contribution is -0.147. The molecule has 0 heterocycles. The van der Waals surface area contributed by atoms with Crippen LogP contribution in [0, 0.1) is 0 Å². The van der Waals surface area contributed by atoms with Crippen LogP contribution in [0.3, 0.4) is 0 Å². The third-order valence-electron chi connectivity index (χ3n) is 9.76. The Balaban J connectivity index is 3.85. The Labute approximate surface area is 364 Å². The molecule has 0 aliphatic carbocycles. The Bertz CT molecular complexity index is 1250. The van der Waals surface area contributed by atoms with Gasteiger partial charge >= 0.3 is 19.8 Å². The number of esters is 1. The van der Waals surface area contributed by atoms with E-state index >= 15 is 0 Å². The van der Waals surface area contributed by atoms with Crippen molar-refractivity contribution < 1.29 is 47.8 Å². The maximum absolute atomic E-state index is 12.3. The van der Waals surface area contributed by atoms with Gasteiger partial charge in [-0.2, -0.15) is 0 Å². The third-order valence-corrected chi connectivity index (χ3v) is 10.7. The molecule has 4 N–H and O–H groups in total. The predicted molar refractivity (Wildman–Crippen MR) is 245 cm³/mol. The molecule has 0 aliphatic rings. The molecular weight excluding hydrogens is 781 g/mol. The summed E-state index contributed by atoms with van der Waals surface area (Å²) >= 11 is 0. The fourth-order valence-corrected chi connectivity index (χ4v) is 6.90. The minimum absolute atomic E-state index is 0.127. The summed E-state index contributed by atoms with van der Waals surface area (Å²) in [5, 5.41) is 21.8. The molecule has 3 unspecified atom stereocenters. The molecule has 0 saturated carbocycles. The fourth-order valence-electron chi connectivity index (χ4n) is 6.12. The van der Waals surface area contributed by atoms with E-state index in [1.165, 1.54) is 64.2 Å². The lowest BCUT2D eigenvalue weighted by atomic mass is 10.1. The van der Waals surface area contributed by atoms with Crippen LogP contribution in [0.5, 0.6) is 0 Å². The van der Waals surface area contributed by atoms with E-state index in [1.54, 1.807) is 0 Å². The number of aliphatic hydroxyl groups is 1. The average molecular weight is 866 g/mol. The largest absolute Gasteiger partial charge is 0.480 e. The zero-order chi connectivity index (χ0) is 44.2. The zero-order valence-electron chi connectivity index (χ0n) is 37.5. The molecule has 0 aromatic heterocycles. The van der Waals surface area contributed by atoms with Crippen molar-refractivity contribution in [3.8, 4) is 0 Å². The Hall–Kier alpha value is -2.82. The van der Waals surface area contributed by atoms with E-state index in [9.17, 15) is 34.1 Å². The van der Waals surface area contributed by atoms with Crippen molar-refractivity contribution in [1.82, 2.24) is 5.32 Å². The van der Waals surface area contributed by atoms with Crippen molar-refractivity contribution in [1.29, 1.82) is 0 Å². The van der Waals surface area contributed by atoms with Crippen LogP contribution in [0.15, 0.2) is 60.8 Å². The second-order valence-corrected chi connectivity index (χ2v) is 17.0. The van der Waals surface area contributed by atoms with Crippen molar-refractivity contribution in [2.45, 2.75) is 206 Å². The predicted octanol–water partition coefficient (Wildman–Crippen LogP) is 12.3. The number of carboxylic acids is 1. The summed E-state index contributed by atoms with van der Waals surface area (Å²) in [6.45, 7) is 2.48. The molecule has 12 heteroatoms. The van der Waals surface area contributed by atoms with Gasteiger partial charge in [-0.25, -0.2) is 9.36 Å². The highest BCUT2D eigenvalue weighted by Gasteiger charge is 2.28. The fraction of sp³-hybridized carbons (Fsp3) is 0.729. The van der Waals surface area contributed by atoms with E-state index in [4.69, 9.17) is 13.8 Å². The maximum atomic E-state index is 12.3. The van der Waals surface area contributed by atoms with Gasteiger partial charge in [-0.3, -0.25) is 18.6 Å². The maximum Gasteiger partial charge on any atom is 0.472 e. The number of carboxylic acid groups (broad SMARTS) is 1. The highest BCUT2D eigenvalue weighted by molar-refractivity contribution is 7.47. The molecule has 3 atom stereocenters. The van der Waals surface area contributed by atoms with Crippen LogP contribution in [0.4, 0.5) is 0 Å². The number of carbonyl (C=O) groups is 3. The van der Waals surface area contributed by atoms with Crippen molar-refractivity contribution in [3.05, 3.63) is 60.8 Å². The average Bonchev–Trinajstić information content (AvgIpc) is 3.22. The number of ether oxygens (including phenoxy) is 1. The summed E-state index contributed by atoms with van der Waals surface area (Å²) in [6.07, 6.45) is 49.6. The molecule has 346 valence electrons. The number of nitrogens with one attached hydrogen (secondary N) is 1. The number of hydrogen-bond acceptors (Lipinski definition) is 8. The molecule has 0 aromatic carbocycles. The number of phosphoric ester groups is 1. The second kappa shape index (κ2) is 42.9. The normalized spacial score (nSPS) is 14.2. The van der Waals surface area contributed by atoms with Gasteiger partial charge in [0.05, 0.1) is 13.2 Å². The van der Waals surface area contributed by atoms with E-state index in [0.29, 0.717) is 12.8 Å². The summed E-state index contributed by atoms with van der Waals surface area (Å²) in [5.41, 5.74) is 0. The summed E-state index contributed by atoms with van der Waals surface area (Å²) in [6, 6.07) is -1.56. The van der Waals surface area contributed by atoms with Gasteiger partial charge in [0, 0.05) is 12.8 Å². The highest BCUT2D eigenvalue weighted by atomic mass is 31.2. The lowest BCUT2D eigenvalue weighted by Crippen LogP contribution is -2.43. The Morgan fingerprint density at radius 3 is 1.43 bits per heavy atom. The van der Waals surface area contributed by atoms with Crippen molar-refractivity contribution in [2.75, 3.05) is 19.8 Å². The lowest BCUT2D eigenvalue weighted by Gasteiger charge is -2.18. The van der Waals surface area contributed by atoms with Gasteiger partial charge < -0.3 is 25.2 Å². The SMILES string of the molecule is CCC/C=C\C/C=C\CCCCCCCC(=O)NC(COP(=O)(O)OCC(O)COC(=O)CCCCCCCCCCCC/C=C\C/C=C\C/C=C\CCCCC)C(=O)O. The van der Waals surface area contributed by atoms with Crippen LogP contribution < -0.4 is 5.32 Å². The summed E-state index contributed by atoms with van der Waals surface area (Å²) in [5.74, 6) is -2.40. The minimum Gasteiger partial charge on any atom is -0.480 e. The van der Waals surface area contributed by atoms with Gasteiger partial charge in [-0.05, 0) is 77.0 Å². The van der Waals surface area contributed by atoms with Crippen LogP contribution in [0.2, 0.25) is 0 Å². The number of rotatable bonds is 43. The van der Waals surface area contributed by atoms with Crippen LogP contribution in [-0.2, 0) is 32.7 Å². The van der Waals surface area contributed by atoms with Crippen LogP contribution >= 0.6 is 7.82 Å². The standard InChI is InChI=1S/C48H84NO10P/c1-3-5-7-9-11-13-15-17-18-19-20-21-22-23-24-25-26-28-30-32-34-36-38-40-47(52)57-41-44(50)42-58-60(55,56)59-43-45(48(53)54)49-46(51)39-37-35-33-31-29-27-16-14-12-10-8-6-4-2/h8,10-11,13-14,16-18,20-21,44-45,50H,3-7,9,12,15,19,22-43H2,1-2H3,(H,49,51)(H,53,54)(H,55,56)/b10-8-,13-11-,16-14-,18-17-,21-20-. The van der Waals surface area contributed by atoms with E-state index in [1.807, 2.05) is 0 Å². The zero-order valence-corrected chi connectivity index (χ0v) is 38.4. The first-order chi connectivity index (χ1) is 29.1. The van der Waals surface area contributed by atoms with Gasteiger partial charge in [-0.1, -0.05) is 164 Å². The van der Waals surface area contributed by atoms with E-state index in [2.05, 4.69) is 79.9 Å². The van der Waals surface area contributed by atoms with Crippen molar-refractivity contribution >= 4 is 25.7 Å². The molecule has 0 saturated heterocycles. The first-order valence-electron chi connectivity index (χ1n) is 23.3. The topological polar surface area (TPSA) is 169 Å². The molecular formula is C48H84NO10P. The molecule has 60 heavy (non-hydrogen) atoms. The van der Waals surface area contributed by atoms with Crippen LogP contribution in [0.1, 0.15) is 194 Å². The summed E-state index contributed by atoms with van der Waals surface area (Å²) in [4.78, 5) is 45.9. The van der Waals surface area contributed by atoms with Gasteiger partial charge in [-0.15, -0.1) is 0 Å². The molecule has 11 nitrogen and oxygen atoms in total. The molecule has 0 aliphatic heterocycles. The van der Waals surface area contributed by atoms with Crippen LogP contribution in [-0.4, -0.2) is 64.9 Å². The number of carbonyl (C=O) groups excluding carboxylic acids is 2. The smallest absolute Gasteiger partial charge is 0.472 e. The molecule has 0 spiro atoms. The molecule has 0 aromatic rings. The number of phosphoric acid groups is 1. The number of unbranched alkanes of at least 4 members (excludes halogenated alkanes) is 19. The number of hydrogen-bond donors (Lipinski definition) is 4. The van der Waals surface area contributed by atoms with E-state index in [-0.39, 0.29) is 12.8 Å². The number of allylic oxidation sites excluding steroid dienone is 10. The molecule has 0 rings (SSSR count). The highest BCUT2D eigenvalue weighted by Crippen LogP contribution is 2.43. The second-order valence-electron chi connectivity index (χ2n) is 15.6. The Morgan fingerprint density at radius 2 is 0.950 bits per heavy atom. The molecule has 1 amide bonds. The quantitative estimate of drug-likeness (QED) is 0.0200.